The summed E-state index contributed by atoms with van der Waals surface area (Å²) < 4.78 is 0. The summed E-state index contributed by atoms with van der Waals surface area (Å²) in [6.45, 7) is 0. The van der Waals surface area contributed by atoms with Crippen LogP contribution in [0.4, 0.5) is 0 Å². The van der Waals surface area contributed by atoms with Gasteiger partial charge in [0.2, 0.25) is 0 Å². The zero-order valence-corrected chi connectivity index (χ0v) is 11.1. The van der Waals surface area contributed by atoms with Crippen LogP contribution in [0.2, 0.25) is 0 Å². The van der Waals surface area contributed by atoms with Crippen molar-refractivity contribution >= 4 is 14.5 Å². The van der Waals surface area contributed by atoms with Crippen LogP contribution in [0, 0.1) is 0 Å². The number of hydrogen-bond donors (Lipinski definition) is 0. The largest absolute Gasteiger partial charge is 1.00 e. The van der Waals surface area contributed by atoms with E-state index in [1.807, 2.05) is 30.3 Å². The fraction of sp³-hybridized carbons (Fsp3) is 0. The summed E-state index contributed by atoms with van der Waals surface area (Å²) in [6, 6.07) is 10.1. The van der Waals surface area contributed by atoms with Crippen molar-refractivity contribution in [3.63, 3.8) is 0 Å². The second-order valence-electron chi connectivity index (χ2n) is 1.41. The minimum atomic E-state index is 0. The van der Waals surface area contributed by atoms with Gasteiger partial charge in [0.1, 0.15) is 0 Å². The summed E-state index contributed by atoms with van der Waals surface area (Å²) in [5.74, 6) is 0. The molecule has 0 bridgehead atoms. The summed E-state index contributed by atoms with van der Waals surface area (Å²) in [5, 5.41) is 1.24. The molecule has 0 aliphatic heterocycles. The van der Waals surface area contributed by atoms with E-state index in [-0.39, 0.29) is 62.0 Å². The molecule has 1 rings (SSSR count). The molecular weight excluding hydrogens is 149 g/mol. The average Bonchev–Trinajstić information content (AvgIpc) is 1.69. The Hall–Kier alpha value is 1.65. The second kappa shape index (κ2) is 7.75. The van der Waals surface area contributed by atoms with Crippen LogP contribution in [0.3, 0.4) is 0 Å². The van der Waals surface area contributed by atoms with Crippen LogP contribution >= 0.6 is 9.24 Å². The molecule has 0 nitrogen and oxygen atoms in total. The van der Waals surface area contributed by atoms with Gasteiger partial charge in [0.15, 0.2) is 0 Å². The van der Waals surface area contributed by atoms with Crippen LogP contribution in [0.25, 0.3) is 0 Å². The quantitative estimate of drug-likeness (QED) is 0.263. The monoisotopic (exact) mass is 158 g/mol. The third kappa shape index (κ3) is 6.06. The van der Waals surface area contributed by atoms with Gasteiger partial charge >= 0.3 is 59.1 Å². The van der Waals surface area contributed by atoms with Crippen molar-refractivity contribution in [1.29, 1.82) is 0 Å². The molecular formula is C6H9Na2P. The Balaban J connectivity index is -0.0000000612. The predicted molar refractivity (Wildman–Crippen MR) is 38.0 cm³/mol. The first-order chi connectivity index (χ1) is 3.39. The molecule has 0 aliphatic carbocycles. The summed E-state index contributed by atoms with van der Waals surface area (Å²) in [6.07, 6.45) is 0. The average molecular weight is 158 g/mol. The maximum absolute atomic E-state index is 2.63. The molecule has 0 heterocycles. The third-order valence-corrected chi connectivity index (χ3v) is 1.18. The smallest absolute Gasteiger partial charge is 1.00 e. The van der Waals surface area contributed by atoms with Crippen molar-refractivity contribution in [2.75, 3.05) is 0 Å². The van der Waals surface area contributed by atoms with E-state index in [0.717, 1.165) is 0 Å². The summed E-state index contributed by atoms with van der Waals surface area (Å²) in [4.78, 5) is 0. The molecule has 40 valence electrons. The van der Waals surface area contributed by atoms with Crippen molar-refractivity contribution in [3.05, 3.63) is 30.3 Å². The van der Waals surface area contributed by atoms with Crippen molar-refractivity contribution in [2.45, 2.75) is 0 Å². The summed E-state index contributed by atoms with van der Waals surface area (Å²) in [7, 11) is 2.63. The Morgan fingerprint density at radius 2 is 1.44 bits per heavy atom. The van der Waals surface area contributed by atoms with Crippen LogP contribution in [0.15, 0.2) is 30.3 Å². The topological polar surface area (TPSA) is 0 Å². The van der Waals surface area contributed by atoms with Crippen LogP contribution in [-0.2, 0) is 0 Å². The zero-order chi connectivity index (χ0) is 5.11. The van der Waals surface area contributed by atoms with Gasteiger partial charge in [-0.1, -0.05) is 30.3 Å². The van der Waals surface area contributed by atoms with E-state index in [1.54, 1.807) is 0 Å². The van der Waals surface area contributed by atoms with Gasteiger partial charge in [0, 0.05) is 0 Å². The normalized spacial score (nSPS) is 6.78. The van der Waals surface area contributed by atoms with Gasteiger partial charge in [-0.2, -0.15) is 0 Å². The van der Waals surface area contributed by atoms with Crippen LogP contribution in [0.5, 0.6) is 0 Å². The third-order valence-electron chi connectivity index (χ3n) is 0.800. The fourth-order valence-corrected chi connectivity index (χ4v) is 0.675. The molecule has 1 aromatic carbocycles. The van der Waals surface area contributed by atoms with Gasteiger partial charge in [0.25, 0.3) is 0 Å². The molecule has 1 atom stereocenters. The molecule has 0 N–H and O–H groups in total. The summed E-state index contributed by atoms with van der Waals surface area (Å²) >= 11 is 0. The Kier molecular flexibility index (Phi) is 11.4. The maximum atomic E-state index is 2.63. The molecule has 0 fully saturated rings. The van der Waals surface area contributed by atoms with Gasteiger partial charge in [-0.15, -0.1) is 9.24 Å². The minimum Gasteiger partial charge on any atom is -1.00 e. The SMILES string of the molecule is Pc1ccccc1.[H-].[H-].[Na+].[Na+]. The van der Waals surface area contributed by atoms with E-state index in [0.29, 0.717) is 0 Å². The Morgan fingerprint density at radius 3 is 1.67 bits per heavy atom. The summed E-state index contributed by atoms with van der Waals surface area (Å²) in [5.41, 5.74) is 0. The first-order valence-electron chi connectivity index (χ1n) is 2.20. The van der Waals surface area contributed by atoms with Crippen molar-refractivity contribution < 1.29 is 62.0 Å². The van der Waals surface area contributed by atoms with Crippen LogP contribution in [-0.4, -0.2) is 0 Å². The van der Waals surface area contributed by atoms with Gasteiger partial charge in [-0.25, -0.2) is 0 Å². The van der Waals surface area contributed by atoms with E-state index in [9.17, 15) is 0 Å². The van der Waals surface area contributed by atoms with E-state index in [1.165, 1.54) is 5.30 Å². The number of hydrogen-bond acceptors (Lipinski definition) is 0. The molecule has 1 unspecified atom stereocenters. The molecule has 3 heteroatoms. The van der Waals surface area contributed by atoms with Crippen molar-refractivity contribution in [2.24, 2.45) is 0 Å². The fourth-order valence-electron chi connectivity index (χ4n) is 0.453. The molecule has 1 aromatic rings. The van der Waals surface area contributed by atoms with E-state index in [4.69, 9.17) is 0 Å². The Morgan fingerprint density at radius 1 is 1.00 bits per heavy atom. The molecule has 0 saturated carbocycles. The van der Waals surface area contributed by atoms with Crippen molar-refractivity contribution in [1.82, 2.24) is 0 Å². The van der Waals surface area contributed by atoms with E-state index >= 15 is 0 Å². The Labute approximate surface area is 106 Å². The Bertz CT molecular complexity index is 149. The number of rotatable bonds is 0. The van der Waals surface area contributed by atoms with Crippen LogP contribution in [0.1, 0.15) is 2.85 Å². The first-order valence-corrected chi connectivity index (χ1v) is 2.78. The molecule has 0 amide bonds. The van der Waals surface area contributed by atoms with Gasteiger partial charge in [-0.05, 0) is 5.30 Å². The molecule has 0 aliphatic rings. The molecule has 0 radical (unpaired) electrons. The maximum Gasteiger partial charge on any atom is 1.00 e. The molecule has 0 aromatic heterocycles. The molecule has 0 saturated heterocycles. The molecule has 0 spiro atoms. The van der Waals surface area contributed by atoms with Gasteiger partial charge in [0.05, 0.1) is 0 Å². The van der Waals surface area contributed by atoms with Crippen molar-refractivity contribution in [3.8, 4) is 0 Å². The zero-order valence-electron chi connectivity index (χ0n) is 7.96. The predicted octanol–water partition coefficient (Wildman–Crippen LogP) is -4.58. The van der Waals surface area contributed by atoms with E-state index in [2.05, 4.69) is 9.24 Å². The second-order valence-corrected chi connectivity index (χ2v) is 2.08. The first kappa shape index (κ1) is 13.3. The molecule has 9 heavy (non-hydrogen) atoms. The van der Waals surface area contributed by atoms with E-state index < -0.39 is 0 Å². The number of benzene rings is 1. The minimum absolute atomic E-state index is 0. The van der Waals surface area contributed by atoms with Crippen LogP contribution < -0.4 is 64.4 Å². The van der Waals surface area contributed by atoms with Gasteiger partial charge in [-0.3, -0.25) is 0 Å². The van der Waals surface area contributed by atoms with Gasteiger partial charge < -0.3 is 2.85 Å². The standard InChI is InChI=1S/C6H7P.2Na.2H/c7-6-4-2-1-3-5-6;;;;/h1-5H,7H2;;;;/q;2*+1;2*-1.